The molecule has 0 spiro atoms. The van der Waals surface area contributed by atoms with Gasteiger partial charge in [-0.3, -0.25) is 9.10 Å². The zero-order chi connectivity index (χ0) is 25.3. The summed E-state index contributed by atoms with van der Waals surface area (Å²) in [5.41, 5.74) is 0.314. The number of thioether (sulfide) groups is 2. The lowest BCUT2D eigenvalue weighted by molar-refractivity contribution is -0.119. The summed E-state index contributed by atoms with van der Waals surface area (Å²) >= 11 is 9.01. The zero-order valence-corrected chi connectivity index (χ0v) is 22.6. The van der Waals surface area contributed by atoms with Crippen LogP contribution < -0.4 is 14.4 Å². The van der Waals surface area contributed by atoms with Crippen molar-refractivity contribution >= 4 is 56.7 Å². The number of hydrogen-bond donors (Lipinski definition) is 1. The molecule has 0 aromatic heterocycles. The highest BCUT2D eigenvalue weighted by Crippen LogP contribution is 2.33. The number of halogens is 1. The average molecular weight is 551 g/mol. The third-order valence-electron chi connectivity index (χ3n) is 4.88. The van der Waals surface area contributed by atoms with E-state index in [0.717, 1.165) is 14.1 Å². The smallest absolute Gasteiger partial charge is 0.264 e. The summed E-state index contributed by atoms with van der Waals surface area (Å²) in [6.45, 7) is 2.20. The Morgan fingerprint density at radius 1 is 1.00 bits per heavy atom. The Kier molecular flexibility index (Phi) is 10.2. The van der Waals surface area contributed by atoms with Gasteiger partial charge in [0.2, 0.25) is 5.91 Å². The quantitative estimate of drug-likeness (QED) is 0.235. The first kappa shape index (κ1) is 27.3. The van der Waals surface area contributed by atoms with Gasteiger partial charge in [-0.25, -0.2) is 8.42 Å². The van der Waals surface area contributed by atoms with Crippen LogP contribution in [0.2, 0.25) is 5.02 Å². The van der Waals surface area contributed by atoms with Crippen molar-refractivity contribution < 1.29 is 17.9 Å². The number of carbonyl (C=O) groups excluding carboxylic acids is 1. The molecule has 0 heterocycles. The van der Waals surface area contributed by atoms with Gasteiger partial charge >= 0.3 is 0 Å². The van der Waals surface area contributed by atoms with Crippen LogP contribution in [0.1, 0.15) is 6.92 Å². The molecule has 0 fully saturated rings. The fourth-order valence-corrected chi connectivity index (χ4v) is 5.93. The Bertz CT molecular complexity index is 1220. The van der Waals surface area contributed by atoms with Crippen LogP contribution in [-0.4, -0.2) is 46.0 Å². The molecule has 0 aliphatic heterocycles. The van der Waals surface area contributed by atoms with Gasteiger partial charge in [-0.2, -0.15) is 0 Å². The highest BCUT2D eigenvalue weighted by molar-refractivity contribution is 7.99. The van der Waals surface area contributed by atoms with Crippen molar-refractivity contribution in [1.29, 1.82) is 0 Å². The highest BCUT2D eigenvalue weighted by atomic mass is 35.5. The van der Waals surface area contributed by atoms with Crippen molar-refractivity contribution in [1.82, 2.24) is 5.32 Å². The highest BCUT2D eigenvalue weighted by Gasteiger charge is 2.29. The monoisotopic (exact) mass is 550 g/mol. The summed E-state index contributed by atoms with van der Waals surface area (Å²) < 4.78 is 34.0. The molecule has 6 nitrogen and oxygen atoms in total. The molecule has 35 heavy (non-hydrogen) atoms. The van der Waals surface area contributed by atoms with E-state index >= 15 is 0 Å². The molecule has 0 saturated heterocycles. The Morgan fingerprint density at radius 2 is 1.66 bits per heavy atom. The van der Waals surface area contributed by atoms with Crippen molar-refractivity contribution in [3.63, 3.8) is 0 Å². The first-order valence-electron chi connectivity index (χ1n) is 10.9. The minimum absolute atomic E-state index is 0.104. The molecule has 0 atom stereocenters. The van der Waals surface area contributed by atoms with Crippen LogP contribution in [0.15, 0.2) is 87.5 Å². The van der Waals surface area contributed by atoms with Gasteiger partial charge in [0.15, 0.2) is 0 Å². The second-order valence-electron chi connectivity index (χ2n) is 7.24. The van der Waals surface area contributed by atoms with E-state index in [9.17, 15) is 13.2 Å². The van der Waals surface area contributed by atoms with E-state index in [1.807, 2.05) is 37.4 Å². The fraction of sp³-hybridized carbons (Fsp3) is 0.240. The first-order chi connectivity index (χ1) is 16.8. The number of amides is 1. The maximum atomic E-state index is 13.6. The van der Waals surface area contributed by atoms with Crippen molar-refractivity contribution in [3.8, 4) is 5.75 Å². The Morgan fingerprint density at radius 3 is 2.31 bits per heavy atom. The van der Waals surface area contributed by atoms with Gasteiger partial charge in [0.1, 0.15) is 12.3 Å². The molecule has 0 unspecified atom stereocenters. The minimum atomic E-state index is -4.03. The summed E-state index contributed by atoms with van der Waals surface area (Å²) in [4.78, 5) is 14.9. The van der Waals surface area contributed by atoms with Crippen LogP contribution in [0.3, 0.4) is 0 Å². The lowest BCUT2D eigenvalue weighted by atomic mass is 10.3. The van der Waals surface area contributed by atoms with Gasteiger partial charge in [0, 0.05) is 27.1 Å². The summed E-state index contributed by atoms with van der Waals surface area (Å²) in [5, 5.41) is 3.49. The number of nitrogens with zero attached hydrogens (tertiary/aromatic N) is 1. The number of carbonyl (C=O) groups is 1. The topological polar surface area (TPSA) is 75.7 Å². The fourth-order valence-electron chi connectivity index (χ4n) is 3.19. The Hall–Kier alpha value is -2.33. The van der Waals surface area contributed by atoms with Crippen LogP contribution in [0.5, 0.6) is 5.75 Å². The van der Waals surface area contributed by atoms with Gasteiger partial charge in [-0.1, -0.05) is 23.7 Å². The molecule has 0 saturated carbocycles. The van der Waals surface area contributed by atoms with Crippen LogP contribution in [0.4, 0.5) is 5.69 Å². The zero-order valence-electron chi connectivity index (χ0n) is 19.4. The van der Waals surface area contributed by atoms with Gasteiger partial charge in [0.05, 0.1) is 17.2 Å². The van der Waals surface area contributed by atoms with Crippen molar-refractivity contribution in [2.75, 3.05) is 36.0 Å². The largest absolute Gasteiger partial charge is 0.492 e. The third-order valence-corrected chi connectivity index (χ3v) is 8.66. The second kappa shape index (κ2) is 13.1. The third kappa shape index (κ3) is 7.57. The van der Waals surface area contributed by atoms with Gasteiger partial charge in [-0.15, -0.1) is 23.5 Å². The molecule has 0 radical (unpaired) electrons. The maximum absolute atomic E-state index is 13.6. The van der Waals surface area contributed by atoms with E-state index in [1.54, 1.807) is 60.3 Å². The Balaban J connectivity index is 1.77. The van der Waals surface area contributed by atoms with Crippen LogP contribution in [-0.2, 0) is 14.8 Å². The number of ether oxygens (including phenoxy) is 1. The van der Waals surface area contributed by atoms with E-state index in [2.05, 4.69) is 5.32 Å². The number of benzene rings is 3. The van der Waals surface area contributed by atoms with Crippen molar-refractivity contribution in [2.24, 2.45) is 0 Å². The molecule has 0 aliphatic rings. The minimum Gasteiger partial charge on any atom is -0.492 e. The number of hydrogen-bond acceptors (Lipinski definition) is 6. The number of rotatable bonds is 12. The molecule has 3 aromatic carbocycles. The van der Waals surface area contributed by atoms with E-state index in [1.165, 1.54) is 11.8 Å². The summed E-state index contributed by atoms with van der Waals surface area (Å²) in [7, 11) is -4.03. The van der Waals surface area contributed by atoms with E-state index in [4.69, 9.17) is 16.3 Å². The molecule has 10 heteroatoms. The second-order valence-corrected chi connectivity index (χ2v) is 11.6. The van der Waals surface area contributed by atoms with Gasteiger partial charge in [0.25, 0.3) is 10.0 Å². The Labute approximate surface area is 220 Å². The molecule has 1 N–H and O–H groups in total. The van der Waals surface area contributed by atoms with Crippen LogP contribution in [0, 0.1) is 0 Å². The molecule has 3 aromatic rings. The number of sulfonamides is 1. The number of anilines is 1. The summed E-state index contributed by atoms with van der Waals surface area (Å²) in [5.74, 6) is 0.619. The maximum Gasteiger partial charge on any atom is 0.264 e. The van der Waals surface area contributed by atoms with Crippen molar-refractivity contribution in [3.05, 3.63) is 77.8 Å². The molecule has 3 rings (SSSR count). The molecule has 186 valence electrons. The molecular weight excluding hydrogens is 524 g/mol. The van der Waals surface area contributed by atoms with E-state index < -0.39 is 15.9 Å². The molecule has 0 aliphatic carbocycles. The van der Waals surface area contributed by atoms with Gasteiger partial charge < -0.3 is 10.1 Å². The standard InChI is InChI=1S/C25H27ClN2O4S3/c1-3-32-24-7-5-4-6-23(24)28(35(30,31)22-14-12-20(33-2)13-15-22)18-25(29)27-16-17-34-21-10-8-19(26)9-11-21/h4-15H,3,16-18H2,1-2H3,(H,27,29). The number of nitrogens with one attached hydrogen (secondary N) is 1. The predicted molar refractivity (Wildman–Crippen MR) is 146 cm³/mol. The first-order valence-corrected chi connectivity index (χ1v) is 14.9. The average Bonchev–Trinajstić information content (AvgIpc) is 2.87. The molecule has 1 amide bonds. The van der Waals surface area contributed by atoms with Crippen molar-refractivity contribution in [2.45, 2.75) is 21.6 Å². The van der Waals surface area contributed by atoms with E-state index in [0.29, 0.717) is 35.4 Å². The SMILES string of the molecule is CCOc1ccccc1N(CC(=O)NCCSc1ccc(Cl)cc1)S(=O)(=O)c1ccc(SC)cc1. The normalized spacial score (nSPS) is 11.2. The lowest BCUT2D eigenvalue weighted by Crippen LogP contribution is -2.41. The lowest BCUT2D eigenvalue weighted by Gasteiger charge is -2.26. The van der Waals surface area contributed by atoms with Gasteiger partial charge in [-0.05, 0) is 73.8 Å². The van der Waals surface area contributed by atoms with Crippen LogP contribution >= 0.6 is 35.1 Å². The summed E-state index contributed by atoms with van der Waals surface area (Å²) in [6.07, 6.45) is 1.92. The predicted octanol–water partition coefficient (Wildman–Crippen LogP) is 5.56. The summed E-state index contributed by atoms with van der Waals surface area (Å²) in [6, 6.07) is 20.9. The molecular formula is C25H27ClN2O4S3. The van der Waals surface area contributed by atoms with Crippen LogP contribution in [0.25, 0.3) is 0 Å². The van der Waals surface area contributed by atoms with E-state index in [-0.39, 0.29) is 11.4 Å². The molecule has 0 bridgehead atoms. The number of para-hydroxylation sites is 2.